The minimum Gasteiger partial charge on any atom is -0.355 e. The van der Waals surface area contributed by atoms with E-state index in [1.54, 1.807) is 24.3 Å². The molecule has 148 valence electrons. The Hall–Kier alpha value is -2.84. The van der Waals surface area contributed by atoms with E-state index < -0.39 is 0 Å². The zero-order valence-corrected chi connectivity index (χ0v) is 17.3. The lowest BCUT2D eigenvalue weighted by Crippen LogP contribution is -2.33. The summed E-state index contributed by atoms with van der Waals surface area (Å²) in [6, 6.07) is 13.2. The van der Waals surface area contributed by atoms with Crippen molar-refractivity contribution in [2.45, 2.75) is 19.9 Å². The third kappa shape index (κ3) is 3.49. The highest BCUT2D eigenvalue weighted by Gasteiger charge is 2.19. The molecule has 29 heavy (non-hydrogen) atoms. The van der Waals surface area contributed by atoms with Crippen LogP contribution in [0.15, 0.2) is 53.3 Å². The Morgan fingerprint density at radius 1 is 1.17 bits per heavy atom. The minimum atomic E-state index is -0.345. The van der Waals surface area contributed by atoms with Gasteiger partial charge in [-0.1, -0.05) is 31.2 Å². The number of fused-ring (bicyclic) bond motifs is 3. The van der Waals surface area contributed by atoms with Crippen LogP contribution in [0.5, 0.6) is 0 Å². The molecule has 8 heteroatoms. The van der Waals surface area contributed by atoms with Gasteiger partial charge in [0.1, 0.15) is 18.0 Å². The summed E-state index contributed by atoms with van der Waals surface area (Å²) in [7, 11) is 0. The van der Waals surface area contributed by atoms with Crippen LogP contribution in [0.3, 0.4) is 0 Å². The van der Waals surface area contributed by atoms with Crippen LogP contribution in [0.1, 0.15) is 13.3 Å². The van der Waals surface area contributed by atoms with Crippen LogP contribution in [-0.2, 0) is 11.3 Å². The van der Waals surface area contributed by atoms with Crippen LogP contribution in [0.25, 0.3) is 27.0 Å². The summed E-state index contributed by atoms with van der Waals surface area (Å²) < 4.78 is 17.3. The van der Waals surface area contributed by atoms with E-state index in [1.165, 1.54) is 28.0 Å². The first kappa shape index (κ1) is 19.5. The van der Waals surface area contributed by atoms with Gasteiger partial charge in [-0.3, -0.25) is 18.6 Å². The van der Waals surface area contributed by atoms with Crippen LogP contribution in [0.2, 0.25) is 0 Å². The molecular weight excluding hydrogens is 409 g/mol. The Morgan fingerprint density at radius 3 is 2.62 bits per heavy atom. The molecule has 2 aromatic heterocycles. The number of carbonyl (C=O) groups excluding carboxylic acids is 1. The number of thiazole rings is 1. The second kappa shape index (κ2) is 7.88. The lowest BCUT2D eigenvalue weighted by molar-refractivity contribution is -0.121. The molecule has 0 aliphatic heterocycles. The number of benzene rings is 2. The van der Waals surface area contributed by atoms with Gasteiger partial charge in [0.05, 0.1) is 15.8 Å². The number of halogens is 1. The molecule has 4 aromatic rings. The molecule has 0 fully saturated rings. The predicted octanol–water partition coefficient (Wildman–Crippen LogP) is 4.38. The fraction of sp³-hybridized carbons (Fsp3) is 0.190. The number of para-hydroxylation sites is 1. The number of rotatable bonds is 5. The summed E-state index contributed by atoms with van der Waals surface area (Å²) in [5, 5.41) is 3.30. The molecule has 0 atom stereocenters. The fourth-order valence-corrected chi connectivity index (χ4v) is 4.75. The smallest absolute Gasteiger partial charge is 0.262 e. The van der Waals surface area contributed by atoms with Gasteiger partial charge in [0.25, 0.3) is 5.56 Å². The van der Waals surface area contributed by atoms with E-state index in [1.807, 2.05) is 23.5 Å². The monoisotopic (exact) mass is 427 g/mol. The summed E-state index contributed by atoms with van der Waals surface area (Å²) >= 11 is 6.94. The van der Waals surface area contributed by atoms with Crippen molar-refractivity contribution in [1.29, 1.82) is 0 Å². The number of aromatic nitrogens is 2. The van der Waals surface area contributed by atoms with Crippen LogP contribution < -0.4 is 10.9 Å². The van der Waals surface area contributed by atoms with Crippen molar-refractivity contribution in [3.8, 4) is 10.4 Å². The van der Waals surface area contributed by atoms with Crippen molar-refractivity contribution < 1.29 is 9.18 Å². The Labute approximate surface area is 175 Å². The van der Waals surface area contributed by atoms with E-state index in [0.717, 1.165) is 16.9 Å². The number of hydrogen-bond acceptors (Lipinski definition) is 4. The van der Waals surface area contributed by atoms with Gasteiger partial charge in [-0.15, -0.1) is 11.3 Å². The molecule has 0 saturated carbocycles. The summed E-state index contributed by atoms with van der Waals surface area (Å²) in [6.45, 7) is 2.39. The topological polar surface area (TPSA) is 55.5 Å². The van der Waals surface area contributed by atoms with Crippen LogP contribution in [-0.4, -0.2) is 21.4 Å². The van der Waals surface area contributed by atoms with Gasteiger partial charge in [-0.05, 0) is 48.5 Å². The first-order valence-electron chi connectivity index (χ1n) is 9.21. The number of nitrogens with one attached hydrogen (secondary N) is 1. The van der Waals surface area contributed by atoms with Gasteiger partial charge in [0.15, 0.2) is 3.95 Å². The number of carbonyl (C=O) groups is 1. The third-order valence-corrected chi connectivity index (χ3v) is 6.06. The molecule has 0 aliphatic carbocycles. The summed E-state index contributed by atoms with van der Waals surface area (Å²) in [4.78, 5) is 26.5. The Kier molecular flexibility index (Phi) is 5.29. The Balaban J connectivity index is 2.06. The minimum absolute atomic E-state index is 0.118. The average molecular weight is 428 g/mol. The van der Waals surface area contributed by atoms with E-state index in [4.69, 9.17) is 12.2 Å². The van der Waals surface area contributed by atoms with Crippen molar-refractivity contribution in [2.24, 2.45) is 0 Å². The first-order chi connectivity index (χ1) is 14.0. The number of amides is 1. The molecule has 0 aliphatic rings. The largest absolute Gasteiger partial charge is 0.355 e. The standard InChI is InChI=1S/C21H18FN3O2S2/c1-2-11-23-17(26)12-24-19-18(13-7-9-14(22)10-8-13)29-21(28)25(19)16-6-4-3-5-15(16)20(24)27/h3-10H,2,11-12H2,1H3,(H,23,26). The molecule has 4 rings (SSSR count). The second-order valence-corrected chi connectivity index (χ2v) is 8.27. The van der Waals surface area contributed by atoms with E-state index in [9.17, 15) is 14.0 Å². The van der Waals surface area contributed by atoms with Crippen molar-refractivity contribution in [3.63, 3.8) is 0 Å². The quantitative estimate of drug-likeness (QED) is 0.481. The predicted molar refractivity (Wildman–Crippen MR) is 117 cm³/mol. The van der Waals surface area contributed by atoms with Gasteiger partial charge in [-0.25, -0.2) is 4.39 Å². The van der Waals surface area contributed by atoms with Gasteiger partial charge in [0, 0.05) is 6.54 Å². The molecular formula is C21H18FN3O2S2. The van der Waals surface area contributed by atoms with E-state index in [-0.39, 0.29) is 23.8 Å². The molecule has 0 spiro atoms. The average Bonchev–Trinajstić information content (AvgIpc) is 3.07. The maximum absolute atomic E-state index is 13.4. The van der Waals surface area contributed by atoms with Crippen LogP contribution in [0, 0.1) is 9.77 Å². The van der Waals surface area contributed by atoms with Gasteiger partial charge in [0.2, 0.25) is 5.91 Å². The van der Waals surface area contributed by atoms with Gasteiger partial charge < -0.3 is 5.32 Å². The van der Waals surface area contributed by atoms with E-state index in [0.29, 0.717) is 27.0 Å². The Bertz CT molecular complexity index is 1340. The molecule has 2 aromatic carbocycles. The van der Waals surface area contributed by atoms with Crippen molar-refractivity contribution in [1.82, 2.24) is 14.3 Å². The third-order valence-electron chi connectivity index (χ3n) is 4.64. The molecule has 5 nitrogen and oxygen atoms in total. The maximum atomic E-state index is 13.4. The van der Waals surface area contributed by atoms with Crippen molar-refractivity contribution in [3.05, 3.63) is 68.7 Å². The molecule has 0 saturated heterocycles. The van der Waals surface area contributed by atoms with Crippen molar-refractivity contribution >= 4 is 46.0 Å². The van der Waals surface area contributed by atoms with Gasteiger partial charge >= 0.3 is 0 Å². The van der Waals surface area contributed by atoms with Crippen LogP contribution >= 0.6 is 23.6 Å². The summed E-state index contributed by atoms with van der Waals surface area (Å²) in [5.74, 6) is -0.587. The SMILES string of the molecule is CCCNC(=O)Cn1c(=O)c2ccccc2n2c(=S)sc(-c3ccc(F)cc3)c12. The molecule has 0 bridgehead atoms. The lowest BCUT2D eigenvalue weighted by Gasteiger charge is -2.13. The number of nitrogens with zero attached hydrogens (tertiary/aromatic N) is 2. The zero-order valence-electron chi connectivity index (χ0n) is 15.6. The highest BCUT2D eigenvalue weighted by Crippen LogP contribution is 2.33. The normalized spacial score (nSPS) is 11.2. The first-order valence-corrected chi connectivity index (χ1v) is 10.4. The molecule has 2 heterocycles. The Morgan fingerprint density at radius 2 is 1.90 bits per heavy atom. The van der Waals surface area contributed by atoms with Crippen LogP contribution in [0.4, 0.5) is 4.39 Å². The van der Waals surface area contributed by atoms with Crippen molar-refractivity contribution in [2.75, 3.05) is 6.54 Å². The lowest BCUT2D eigenvalue weighted by atomic mass is 10.2. The van der Waals surface area contributed by atoms with Gasteiger partial charge in [-0.2, -0.15) is 0 Å². The molecule has 0 radical (unpaired) electrons. The highest BCUT2D eigenvalue weighted by atomic mass is 32.1. The zero-order chi connectivity index (χ0) is 20.5. The second-order valence-electron chi connectivity index (χ2n) is 6.62. The molecule has 0 unspecified atom stereocenters. The molecule has 1 amide bonds. The number of hydrogen-bond donors (Lipinski definition) is 1. The highest BCUT2D eigenvalue weighted by molar-refractivity contribution is 7.73. The maximum Gasteiger partial charge on any atom is 0.262 e. The summed E-state index contributed by atoms with van der Waals surface area (Å²) in [6.07, 6.45) is 0.804. The summed E-state index contributed by atoms with van der Waals surface area (Å²) in [5.41, 5.74) is 1.71. The fourth-order valence-electron chi connectivity index (χ4n) is 3.31. The van der Waals surface area contributed by atoms with E-state index in [2.05, 4.69) is 5.32 Å². The van der Waals surface area contributed by atoms with E-state index >= 15 is 0 Å². The molecule has 1 N–H and O–H groups in total.